The van der Waals surface area contributed by atoms with Gasteiger partial charge in [-0.15, -0.1) is 0 Å². The fourth-order valence-electron chi connectivity index (χ4n) is 1.47. The molecule has 0 bridgehead atoms. The van der Waals surface area contributed by atoms with E-state index in [0.29, 0.717) is 5.28 Å². The Labute approximate surface area is 89.9 Å². The highest BCUT2D eigenvalue weighted by Crippen LogP contribution is 2.23. The number of hydrogen-bond donors (Lipinski definition) is 1. The van der Waals surface area contributed by atoms with E-state index in [1.165, 1.54) is 6.39 Å². The highest BCUT2D eigenvalue weighted by Gasteiger charge is 2.04. The van der Waals surface area contributed by atoms with Crippen LogP contribution in [0.25, 0.3) is 22.4 Å². The van der Waals surface area contributed by atoms with E-state index in [4.69, 9.17) is 16.0 Å². The quantitative estimate of drug-likeness (QED) is 0.685. The van der Waals surface area contributed by atoms with Crippen LogP contribution in [-0.2, 0) is 0 Å². The molecule has 1 N–H and O–H groups in total. The molecule has 0 saturated heterocycles. The van der Waals surface area contributed by atoms with Crippen molar-refractivity contribution in [3.8, 4) is 11.3 Å². The Morgan fingerprint density at radius 2 is 2.20 bits per heavy atom. The first-order chi connectivity index (χ1) is 7.33. The Hall–Kier alpha value is -1.81. The van der Waals surface area contributed by atoms with Crippen molar-refractivity contribution >= 4 is 22.7 Å². The fraction of sp³-hybridized carbons (Fsp3) is 0. The van der Waals surface area contributed by atoms with E-state index in [1.807, 2.05) is 18.2 Å². The molecule has 0 aliphatic heterocycles. The van der Waals surface area contributed by atoms with Crippen LogP contribution < -0.4 is 0 Å². The summed E-state index contributed by atoms with van der Waals surface area (Å²) in [5, 5.41) is 0.377. The van der Waals surface area contributed by atoms with E-state index in [1.54, 1.807) is 6.20 Å². The van der Waals surface area contributed by atoms with E-state index in [-0.39, 0.29) is 0 Å². The molecule has 74 valence electrons. The maximum absolute atomic E-state index is 5.70. The lowest BCUT2D eigenvalue weighted by Gasteiger charge is -1.95. The summed E-state index contributed by atoms with van der Waals surface area (Å²) in [7, 11) is 0. The van der Waals surface area contributed by atoms with Crippen LogP contribution in [0.1, 0.15) is 0 Å². The van der Waals surface area contributed by atoms with E-state index < -0.39 is 0 Å². The number of H-pyrrole nitrogens is 1. The van der Waals surface area contributed by atoms with Gasteiger partial charge in [-0.05, 0) is 23.7 Å². The molecule has 0 aliphatic rings. The maximum Gasteiger partial charge on any atom is 0.200 e. The first kappa shape index (κ1) is 8.49. The third-order valence-corrected chi connectivity index (χ3v) is 2.38. The molecule has 2 heterocycles. The summed E-state index contributed by atoms with van der Waals surface area (Å²) in [6, 6.07) is 5.73. The minimum absolute atomic E-state index is 0.377. The molecule has 3 aromatic rings. The van der Waals surface area contributed by atoms with Crippen LogP contribution in [0.2, 0.25) is 5.28 Å². The molecule has 1 aromatic carbocycles. The zero-order chi connectivity index (χ0) is 10.3. The number of nitrogens with one attached hydrogen (secondary N) is 1. The van der Waals surface area contributed by atoms with Gasteiger partial charge in [-0.25, -0.2) is 9.97 Å². The first-order valence-corrected chi connectivity index (χ1v) is 4.75. The van der Waals surface area contributed by atoms with E-state index >= 15 is 0 Å². The molecule has 0 aliphatic carbocycles. The van der Waals surface area contributed by atoms with Gasteiger partial charge in [-0.3, -0.25) is 0 Å². The molecule has 4 nitrogen and oxygen atoms in total. The summed E-state index contributed by atoms with van der Waals surface area (Å²) < 4.78 is 5.21. The van der Waals surface area contributed by atoms with Crippen LogP contribution in [-0.4, -0.2) is 15.0 Å². The van der Waals surface area contributed by atoms with Crippen LogP contribution in [0, 0.1) is 0 Å². The number of hydrogen-bond acceptors (Lipinski definition) is 3. The monoisotopic (exact) mass is 219 g/mol. The van der Waals surface area contributed by atoms with Gasteiger partial charge in [0.2, 0.25) is 0 Å². The largest absolute Gasteiger partial charge is 0.443 e. The van der Waals surface area contributed by atoms with Crippen molar-refractivity contribution in [1.29, 1.82) is 0 Å². The average molecular weight is 220 g/mol. The second-order valence-corrected chi connectivity index (χ2v) is 3.48. The summed E-state index contributed by atoms with van der Waals surface area (Å²) in [6.07, 6.45) is 3.11. The summed E-state index contributed by atoms with van der Waals surface area (Å²) in [6.45, 7) is 0. The van der Waals surface area contributed by atoms with Gasteiger partial charge in [0.15, 0.2) is 17.3 Å². The Kier molecular flexibility index (Phi) is 1.76. The molecule has 0 saturated carbocycles. The molecule has 0 amide bonds. The van der Waals surface area contributed by atoms with Crippen molar-refractivity contribution in [3.63, 3.8) is 0 Å². The molecule has 0 fully saturated rings. The van der Waals surface area contributed by atoms with Gasteiger partial charge in [0.25, 0.3) is 0 Å². The number of halogens is 1. The lowest BCUT2D eigenvalue weighted by molar-refractivity contribution is 0.602. The van der Waals surface area contributed by atoms with Gasteiger partial charge >= 0.3 is 0 Å². The molecule has 0 spiro atoms. The van der Waals surface area contributed by atoms with Gasteiger partial charge in [0.1, 0.15) is 5.52 Å². The molecule has 0 unspecified atom stereocenters. The topological polar surface area (TPSA) is 54.7 Å². The van der Waals surface area contributed by atoms with Gasteiger partial charge < -0.3 is 9.40 Å². The third-order valence-electron chi connectivity index (χ3n) is 2.19. The number of oxazole rings is 1. The van der Waals surface area contributed by atoms with Crippen LogP contribution in [0.4, 0.5) is 0 Å². The molecule has 15 heavy (non-hydrogen) atoms. The predicted molar refractivity (Wildman–Crippen MR) is 56.6 cm³/mol. The minimum Gasteiger partial charge on any atom is -0.443 e. The Balaban J connectivity index is 2.18. The Morgan fingerprint density at radius 1 is 1.27 bits per heavy atom. The first-order valence-electron chi connectivity index (χ1n) is 4.37. The molecule has 3 rings (SSSR count). The van der Waals surface area contributed by atoms with Crippen LogP contribution >= 0.6 is 11.6 Å². The highest BCUT2D eigenvalue weighted by atomic mass is 35.5. The third kappa shape index (κ3) is 1.39. The van der Waals surface area contributed by atoms with Crippen LogP contribution in [0.3, 0.4) is 0 Å². The lowest BCUT2D eigenvalue weighted by atomic mass is 10.1. The van der Waals surface area contributed by atoms with E-state index in [9.17, 15) is 0 Å². The number of benzene rings is 1. The molecular weight excluding hydrogens is 214 g/mol. The number of aromatic amines is 1. The fourth-order valence-corrected chi connectivity index (χ4v) is 1.62. The summed E-state index contributed by atoms with van der Waals surface area (Å²) >= 11 is 5.70. The van der Waals surface area contributed by atoms with E-state index in [2.05, 4.69) is 15.0 Å². The summed E-state index contributed by atoms with van der Waals surface area (Å²) in [5.74, 6) is 0. The standard InChI is InChI=1S/C10H6ClN3O/c11-10-12-4-8(14-10)6-1-2-7-9(3-6)15-5-13-7/h1-5H,(H,12,14). The molecule has 2 aromatic heterocycles. The molecular formula is C10H6ClN3O. The van der Waals surface area contributed by atoms with Gasteiger partial charge in [0, 0.05) is 5.56 Å². The van der Waals surface area contributed by atoms with E-state index in [0.717, 1.165) is 22.4 Å². The Bertz CT molecular complexity index is 614. The Morgan fingerprint density at radius 3 is 3.00 bits per heavy atom. The average Bonchev–Trinajstić information content (AvgIpc) is 2.84. The number of nitrogens with zero attached hydrogens (tertiary/aromatic N) is 2. The normalized spacial score (nSPS) is 11.0. The van der Waals surface area contributed by atoms with Crippen molar-refractivity contribution < 1.29 is 4.42 Å². The number of imidazole rings is 1. The van der Waals surface area contributed by atoms with Crippen molar-refractivity contribution in [3.05, 3.63) is 36.1 Å². The number of rotatable bonds is 1. The smallest absolute Gasteiger partial charge is 0.200 e. The molecule has 0 radical (unpaired) electrons. The minimum atomic E-state index is 0.377. The molecule has 5 heteroatoms. The zero-order valence-corrected chi connectivity index (χ0v) is 8.32. The van der Waals surface area contributed by atoms with Gasteiger partial charge in [0.05, 0.1) is 11.9 Å². The predicted octanol–water partition coefficient (Wildman–Crippen LogP) is 2.87. The van der Waals surface area contributed by atoms with Crippen LogP contribution in [0.5, 0.6) is 0 Å². The number of aromatic nitrogens is 3. The lowest BCUT2D eigenvalue weighted by Crippen LogP contribution is -1.76. The number of fused-ring (bicyclic) bond motifs is 1. The van der Waals surface area contributed by atoms with Crippen molar-refractivity contribution in [2.45, 2.75) is 0 Å². The zero-order valence-electron chi connectivity index (χ0n) is 7.57. The van der Waals surface area contributed by atoms with Gasteiger partial charge in [-0.1, -0.05) is 6.07 Å². The van der Waals surface area contributed by atoms with Crippen molar-refractivity contribution in [2.24, 2.45) is 0 Å². The second kappa shape index (κ2) is 3.10. The molecule has 0 atom stereocenters. The van der Waals surface area contributed by atoms with Crippen LogP contribution in [0.15, 0.2) is 35.2 Å². The second-order valence-electron chi connectivity index (χ2n) is 3.12. The summed E-state index contributed by atoms with van der Waals surface area (Å²) in [4.78, 5) is 10.9. The SMILES string of the molecule is Clc1ncc(-c2ccc3ncoc3c2)[nH]1. The van der Waals surface area contributed by atoms with Gasteiger partial charge in [-0.2, -0.15) is 0 Å². The summed E-state index contributed by atoms with van der Waals surface area (Å²) in [5.41, 5.74) is 3.42. The van der Waals surface area contributed by atoms with Crippen molar-refractivity contribution in [1.82, 2.24) is 15.0 Å². The van der Waals surface area contributed by atoms with Crippen molar-refractivity contribution in [2.75, 3.05) is 0 Å². The highest BCUT2D eigenvalue weighted by molar-refractivity contribution is 6.28. The maximum atomic E-state index is 5.70.